The lowest BCUT2D eigenvalue weighted by molar-refractivity contribution is -0.380. The molecule has 1 aromatic carbocycles. The minimum atomic E-state index is -0.499. The second-order valence-corrected chi connectivity index (χ2v) is 6.11. The molecular formula is C16H14N4O3S. The van der Waals surface area contributed by atoms with Gasteiger partial charge in [0.1, 0.15) is 0 Å². The Labute approximate surface area is 141 Å². The molecule has 1 N–H and O–H groups in total. The molecule has 7 nitrogen and oxygen atoms in total. The number of hydrogen-bond donors (Lipinski definition) is 1. The van der Waals surface area contributed by atoms with Crippen LogP contribution in [0.5, 0.6) is 0 Å². The van der Waals surface area contributed by atoms with Crippen molar-refractivity contribution >= 4 is 22.2 Å². The van der Waals surface area contributed by atoms with Gasteiger partial charge in [-0.25, -0.2) is 0 Å². The Hall–Kier alpha value is -3.00. The quantitative estimate of drug-likeness (QED) is 0.551. The van der Waals surface area contributed by atoms with Gasteiger partial charge in [-0.15, -0.1) is 0 Å². The summed E-state index contributed by atoms with van der Waals surface area (Å²) >= 11 is 0.867. The fourth-order valence-corrected chi connectivity index (χ4v) is 3.00. The van der Waals surface area contributed by atoms with Crippen molar-refractivity contribution in [3.05, 3.63) is 81.0 Å². The zero-order chi connectivity index (χ0) is 16.9. The molecule has 0 saturated carbocycles. The van der Waals surface area contributed by atoms with Crippen LogP contribution in [0.25, 0.3) is 0 Å². The van der Waals surface area contributed by atoms with E-state index in [2.05, 4.69) is 10.4 Å². The second-order valence-electron chi connectivity index (χ2n) is 5.05. The van der Waals surface area contributed by atoms with Crippen molar-refractivity contribution in [2.45, 2.75) is 13.1 Å². The molecule has 0 bridgehead atoms. The monoisotopic (exact) mass is 342 g/mol. The lowest BCUT2D eigenvalue weighted by atomic mass is 10.1. The Kier molecular flexibility index (Phi) is 4.66. The van der Waals surface area contributed by atoms with Crippen LogP contribution < -0.4 is 5.32 Å². The lowest BCUT2D eigenvalue weighted by Gasteiger charge is -2.10. The van der Waals surface area contributed by atoms with Gasteiger partial charge < -0.3 is 5.32 Å². The normalized spacial score (nSPS) is 10.5. The molecule has 0 aliphatic heterocycles. The van der Waals surface area contributed by atoms with Gasteiger partial charge in [0, 0.05) is 25.0 Å². The number of nitrogens with one attached hydrogen (secondary N) is 1. The summed E-state index contributed by atoms with van der Waals surface area (Å²) < 4.78 is 1.81. The highest BCUT2D eigenvalue weighted by atomic mass is 32.1. The third-order valence-corrected chi connectivity index (χ3v) is 4.48. The van der Waals surface area contributed by atoms with E-state index in [-0.39, 0.29) is 10.9 Å². The van der Waals surface area contributed by atoms with Crippen LogP contribution >= 0.6 is 11.3 Å². The largest absolute Gasteiger partial charge is 0.347 e. The van der Waals surface area contributed by atoms with E-state index < -0.39 is 4.92 Å². The highest BCUT2D eigenvalue weighted by Crippen LogP contribution is 2.23. The maximum absolute atomic E-state index is 12.1. The molecule has 0 fully saturated rings. The summed E-state index contributed by atoms with van der Waals surface area (Å²) in [6.07, 6.45) is 3.59. The summed E-state index contributed by atoms with van der Waals surface area (Å²) in [5, 5.41) is 17.6. The van der Waals surface area contributed by atoms with Gasteiger partial charge in [-0.05, 0) is 23.3 Å². The summed E-state index contributed by atoms with van der Waals surface area (Å²) in [6.45, 7) is 0.964. The van der Waals surface area contributed by atoms with Gasteiger partial charge >= 0.3 is 5.00 Å². The number of benzene rings is 1. The van der Waals surface area contributed by atoms with Crippen LogP contribution in [0.3, 0.4) is 0 Å². The third-order valence-electron chi connectivity index (χ3n) is 3.44. The molecule has 0 radical (unpaired) electrons. The number of amides is 1. The van der Waals surface area contributed by atoms with Crippen molar-refractivity contribution in [1.82, 2.24) is 15.1 Å². The molecule has 0 atom stereocenters. The SMILES string of the molecule is O=C(NCc1ccccc1Cn1cccn1)c1ccc([N+](=O)[O-])s1. The van der Waals surface area contributed by atoms with Gasteiger partial charge in [0.25, 0.3) is 5.91 Å². The highest BCUT2D eigenvalue weighted by Gasteiger charge is 2.15. The first-order chi connectivity index (χ1) is 11.6. The first kappa shape index (κ1) is 15.9. The van der Waals surface area contributed by atoms with E-state index in [1.54, 1.807) is 6.20 Å². The maximum Gasteiger partial charge on any atom is 0.324 e. The summed E-state index contributed by atoms with van der Waals surface area (Å²) in [6, 6.07) is 12.4. The van der Waals surface area contributed by atoms with Crippen LogP contribution in [0.2, 0.25) is 0 Å². The number of rotatable bonds is 6. The van der Waals surface area contributed by atoms with Gasteiger partial charge in [0.15, 0.2) is 0 Å². The van der Waals surface area contributed by atoms with Crippen molar-refractivity contribution < 1.29 is 9.72 Å². The predicted octanol–water partition coefficient (Wildman–Crippen LogP) is 2.83. The standard InChI is InChI=1S/C16H14N4O3S/c21-16(14-6-7-15(24-14)20(22)23)17-10-12-4-1-2-5-13(12)11-19-9-3-8-18-19/h1-9H,10-11H2,(H,17,21). The minimum Gasteiger partial charge on any atom is -0.347 e. The molecule has 8 heteroatoms. The number of carbonyl (C=O) groups is 1. The molecule has 1 amide bonds. The molecule has 2 aromatic heterocycles. The maximum atomic E-state index is 12.1. The van der Waals surface area contributed by atoms with Crippen LogP contribution in [-0.4, -0.2) is 20.6 Å². The Bertz CT molecular complexity index is 858. The van der Waals surface area contributed by atoms with Crippen LogP contribution in [0.4, 0.5) is 5.00 Å². The summed E-state index contributed by atoms with van der Waals surface area (Å²) in [5.74, 6) is -0.318. The van der Waals surface area contributed by atoms with Crippen molar-refractivity contribution in [2.24, 2.45) is 0 Å². The molecule has 24 heavy (non-hydrogen) atoms. The fourth-order valence-electron chi connectivity index (χ4n) is 2.26. The van der Waals surface area contributed by atoms with Crippen LogP contribution in [-0.2, 0) is 13.1 Å². The second kappa shape index (κ2) is 7.05. The summed E-state index contributed by atoms with van der Waals surface area (Å²) in [5.41, 5.74) is 2.03. The molecule has 3 rings (SSSR count). The van der Waals surface area contributed by atoms with E-state index in [1.807, 2.05) is 41.2 Å². The molecular weight excluding hydrogens is 328 g/mol. The van der Waals surface area contributed by atoms with Crippen LogP contribution in [0.1, 0.15) is 20.8 Å². The van der Waals surface area contributed by atoms with E-state index in [0.717, 1.165) is 22.5 Å². The number of carbonyl (C=O) groups excluding carboxylic acids is 1. The number of hydrogen-bond acceptors (Lipinski definition) is 5. The van der Waals surface area contributed by atoms with Gasteiger partial charge in [0.05, 0.1) is 16.3 Å². The Morgan fingerprint density at radius 2 is 2.00 bits per heavy atom. The molecule has 122 valence electrons. The first-order valence-corrected chi connectivity index (χ1v) is 8.02. The van der Waals surface area contributed by atoms with Gasteiger partial charge in [0.2, 0.25) is 0 Å². The lowest BCUT2D eigenvalue weighted by Crippen LogP contribution is -2.22. The Balaban J connectivity index is 1.67. The van der Waals surface area contributed by atoms with E-state index in [1.165, 1.54) is 12.1 Å². The number of aromatic nitrogens is 2. The topological polar surface area (TPSA) is 90.1 Å². The zero-order valence-electron chi connectivity index (χ0n) is 12.6. The molecule has 0 spiro atoms. The third kappa shape index (κ3) is 3.66. The molecule has 0 aliphatic rings. The molecule has 2 heterocycles. The van der Waals surface area contributed by atoms with Gasteiger partial charge in [-0.1, -0.05) is 35.6 Å². The van der Waals surface area contributed by atoms with Gasteiger partial charge in [-0.2, -0.15) is 5.10 Å². The number of thiophene rings is 1. The van der Waals surface area contributed by atoms with Crippen molar-refractivity contribution in [2.75, 3.05) is 0 Å². The molecule has 3 aromatic rings. The van der Waals surface area contributed by atoms with Crippen LogP contribution in [0, 0.1) is 10.1 Å². The van der Waals surface area contributed by atoms with E-state index in [4.69, 9.17) is 0 Å². The van der Waals surface area contributed by atoms with Crippen molar-refractivity contribution in [3.63, 3.8) is 0 Å². The molecule has 0 saturated heterocycles. The van der Waals surface area contributed by atoms with Crippen LogP contribution in [0.15, 0.2) is 54.9 Å². The minimum absolute atomic E-state index is 0.0424. The van der Waals surface area contributed by atoms with Crippen molar-refractivity contribution in [1.29, 1.82) is 0 Å². The highest BCUT2D eigenvalue weighted by molar-refractivity contribution is 7.17. The zero-order valence-corrected chi connectivity index (χ0v) is 13.4. The smallest absolute Gasteiger partial charge is 0.324 e. The summed E-state index contributed by atoms with van der Waals surface area (Å²) in [7, 11) is 0. The predicted molar refractivity (Wildman–Crippen MR) is 89.9 cm³/mol. The van der Waals surface area contributed by atoms with E-state index in [0.29, 0.717) is 18.0 Å². The summed E-state index contributed by atoms with van der Waals surface area (Å²) in [4.78, 5) is 22.7. The van der Waals surface area contributed by atoms with E-state index >= 15 is 0 Å². The van der Waals surface area contributed by atoms with E-state index in [9.17, 15) is 14.9 Å². The Morgan fingerprint density at radius 3 is 2.67 bits per heavy atom. The van der Waals surface area contributed by atoms with Gasteiger partial charge in [-0.3, -0.25) is 19.6 Å². The fraction of sp³-hybridized carbons (Fsp3) is 0.125. The number of nitrogens with zero attached hydrogens (tertiary/aromatic N) is 3. The first-order valence-electron chi connectivity index (χ1n) is 7.20. The molecule has 0 aliphatic carbocycles. The average molecular weight is 342 g/mol. The Morgan fingerprint density at radius 1 is 1.21 bits per heavy atom. The number of nitro groups is 1. The van der Waals surface area contributed by atoms with Crippen molar-refractivity contribution in [3.8, 4) is 0 Å². The molecule has 0 unspecified atom stereocenters. The average Bonchev–Trinajstić information content (AvgIpc) is 3.25.